The number of hydrogen-bond donors (Lipinski definition) is 1. The van der Waals surface area contributed by atoms with Crippen LogP contribution in [0.1, 0.15) is 6.92 Å². The molecule has 2 rings (SSSR count). The lowest BCUT2D eigenvalue weighted by atomic mass is 10.2. The summed E-state index contributed by atoms with van der Waals surface area (Å²) >= 11 is 0. The summed E-state index contributed by atoms with van der Waals surface area (Å²) < 4.78 is 0. The zero-order valence-electron chi connectivity index (χ0n) is 9.82. The first-order valence-corrected chi connectivity index (χ1v) is 5.64. The summed E-state index contributed by atoms with van der Waals surface area (Å²) in [5.74, 6) is 1.73. The van der Waals surface area contributed by atoms with Gasteiger partial charge in [-0.2, -0.15) is 0 Å². The van der Waals surface area contributed by atoms with Crippen LogP contribution in [0.2, 0.25) is 0 Å². The van der Waals surface area contributed by atoms with Gasteiger partial charge in [0.25, 0.3) is 0 Å². The van der Waals surface area contributed by atoms with Crippen molar-refractivity contribution < 1.29 is 0 Å². The van der Waals surface area contributed by atoms with Crippen molar-refractivity contribution in [1.29, 1.82) is 0 Å². The molecule has 4 nitrogen and oxygen atoms in total. The van der Waals surface area contributed by atoms with Gasteiger partial charge >= 0.3 is 0 Å². The molecule has 0 amide bonds. The summed E-state index contributed by atoms with van der Waals surface area (Å²) in [4.78, 5) is 10.8. The minimum Gasteiger partial charge on any atom is -0.328 e. The Kier molecular flexibility index (Phi) is 3.67. The largest absolute Gasteiger partial charge is 0.328 e. The highest BCUT2D eigenvalue weighted by Gasteiger charge is 2.16. The molecule has 2 aromatic rings. The summed E-state index contributed by atoms with van der Waals surface area (Å²) in [5, 5.41) is 0. The third-order valence-electron chi connectivity index (χ3n) is 2.57. The maximum atomic E-state index is 5.75. The molecule has 0 aliphatic rings. The third-order valence-corrected chi connectivity index (χ3v) is 2.57. The van der Waals surface area contributed by atoms with Crippen LogP contribution in [-0.2, 0) is 0 Å². The fraction of sp³-hybridized carbons (Fsp3) is 0.231. The Bertz CT molecular complexity index is 404. The second-order valence-electron chi connectivity index (χ2n) is 3.83. The van der Waals surface area contributed by atoms with Crippen molar-refractivity contribution in [3.05, 3.63) is 48.8 Å². The standard InChI is InChI=1S/C13H16N4/c1-11(10-14)17(12-6-2-4-8-15-12)13-7-3-5-9-16-13/h2-9,11H,10,14H2,1H3. The topological polar surface area (TPSA) is 55.0 Å². The molecule has 2 heterocycles. The molecule has 0 aliphatic carbocycles. The maximum absolute atomic E-state index is 5.75. The number of aromatic nitrogens is 2. The quantitative estimate of drug-likeness (QED) is 0.869. The highest BCUT2D eigenvalue weighted by Crippen LogP contribution is 2.22. The Morgan fingerprint density at radius 1 is 1.06 bits per heavy atom. The highest BCUT2D eigenvalue weighted by atomic mass is 15.3. The van der Waals surface area contributed by atoms with Crippen molar-refractivity contribution in [2.75, 3.05) is 11.4 Å². The Morgan fingerprint density at radius 3 is 1.94 bits per heavy atom. The van der Waals surface area contributed by atoms with Gasteiger partial charge in [0.2, 0.25) is 0 Å². The van der Waals surface area contributed by atoms with E-state index in [1.54, 1.807) is 12.4 Å². The van der Waals surface area contributed by atoms with E-state index in [1.807, 2.05) is 41.3 Å². The number of pyridine rings is 2. The SMILES string of the molecule is CC(CN)N(c1ccccn1)c1ccccn1. The lowest BCUT2D eigenvalue weighted by molar-refractivity contribution is 0.706. The predicted octanol–water partition coefficient (Wildman–Crippen LogP) is 1.96. The Morgan fingerprint density at radius 2 is 1.59 bits per heavy atom. The molecule has 1 atom stereocenters. The Hall–Kier alpha value is -1.94. The smallest absolute Gasteiger partial charge is 0.134 e. The second kappa shape index (κ2) is 5.41. The van der Waals surface area contributed by atoms with Crippen LogP contribution < -0.4 is 10.6 Å². The first-order chi connectivity index (χ1) is 8.33. The lowest BCUT2D eigenvalue weighted by Crippen LogP contribution is -2.35. The molecule has 2 N–H and O–H groups in total. The van der Waals surface area contributed by atoms with E-state index in [4.69, 9.17) is 5.73 Å². The molecule has 0 saturated heterocycles. The zero-order valence-corrected chi connectivity index (χ0v) is 9.82. The molecule has 0 saturated carbocycles. The number of nitrogens with zero attached hydrogens (tertiary/aromatic N) is 3. The van der Waals surface area contributed by atoms with Crippen LogP contribution in [0.3, 0.4) is 0 Å². The maximum Gasteiger partial charge on any atom is 0.134 e. The van der Waals surface area contributed by atoms with Gasteiger partial charge in [-0.3, -0.25) is 0 Å². The van der Waals surface area contributed by atoms with E-state index < -0.39 is 0 Å². The second-order valence-corrected chi connectivity index (χ2v) is 3.83. The first-order valence-electron chi connectivity index (χ1n) is 5.64. The minimum absolute atomic E-state index is 0.153. The molecule has 0 aliphatic heterocycles. The van der Waals surface area contributed by atoms with Gasteiger partial charge < -0.3 is 10.6 Å². The average molecular weight is 228 g/mol. The molecule has 0 radical (unpaired) electrons. The van der Waals surface area contributed by atoms with E-state index in [0.717, 1.165) is 11.6 Å². The molecule has 0 bridgehead atoms. The first kappa shape index (κ1) is 11.5. The van der Waals surface area contributed by atoms with Gasteiger partial charge in [0.15, 0.2) is 0 Å². The van der Waals surface area contributed by atoms with Gasteiger partial charge in [-0.1, -0.05) is 12.1 Å². The van der Waals surface area contributed by atoms with E-state index >= 15 is 0 Å². The average Bonchev–Trinajstić information content (AvgIpc) is 2.41. The molecule has 2 aromatic heterocycles. The van der Waals surface area contributed by atoms with Crippen LogP contribution in [0.15, 0.2) is 48.8 Å². The van der Waals surface area contributed by atoms with Crippen LogP contribution in [0.25, 0.3) is 0 Å². The number of hydrogen-bond acceptors (Lipinski definition) is 4. The van der Waals surface area contributed by atoms with Crippen molar-refractivity contribution in [3.8, 4) is 0 Å². The lowest BCUT2D eigenvalue weighted by Gasteiger charge is -2.28. The van der Waals surface area contributed by atoms with Crippen molar-refractivity contribution >= 4 is 11.6 Å². The van der Waals surface area contributed by atoms with E-state index in [2.05, 4.69) is 16.9 Å². The van der Waals surface area contributed by atoms with Crippen molar-refractivity contribution in [1.82, 2.24) is 9.97 Å². The molecule has 4 heteroatoms. The molecule has 0 fully saturated rings. The minimum atomic E-state index is 0.153. The number of rotatable bonds is 4. The van der Waals surface area contributed by atoms with Gasteiger partial charge in [0.05, 0.1) is 0 Å². The zero-order chi connectivity index (χ0) is 12.1. The van der Waals surface area contributed by atoms with Crippen LogP contribution in [0.5, 0.6) is 0 Å². The summed E-state index contributed by atoms with van der Waals surface area (Å²) in [6, 6.07) is 11.8. The monoisotopic (exact) mass is 228 g/mol. The fourth-order valence-electron chi connectivity index (χ4n) is 1.67. The van der Waals surface area contributed by atoms with E-state index in [0.29, 0.717) is 6.54 Å². The van der Waals surface area contributed by atoms with Crippen molar-refractivity contribution in [2.24, 2.45) is 5.73 Å². The molecule has 0 spiro atoms. The highest BCUT2D eigenvalue weighted by molar-refractivity contribution is 5.56. The number of nitrogens with two attached hydrogens (primary N) is 1. The molecular formula is C13H16N4. The number of anilines is 2. The van der Waals surface area contributed by atoms with Gasteiger partial charge in [-0.15, -0.1) is 0 Å². The van der Waals surface area contributed by atoms with Crippen LogP contribution in [-0.4, -0.2) is 22.6 Å². The van der Waals surface area contributed by atoms with E-state index in [1.165, 1.54) is 0 Å². The Labute approximate surface area is 101 Å². The van der Waals surface area contributed by atoms with E-state index in [9.17, 15) is 0 Å². The van der Waals surface area contributed by atoms with Crippen LogP contribution in [0, 0.1) is 0 Å². The summed E-state index contributed by atoms with van der Waals surface area (Å²) in [6.07, 6.45) is 3.54. The molecule has 1 unspecified atom stereocenters. The van der Waals surface area contributed by atoms with Gasteiger partial charge in [0.1, 0.15) is 11.6 Å². The van der Waals surface area contributed by atoms with Gasteiger partial charge in [0, 0.05) is 25.0 Å². The summed E-state index contributed by atoms with van der Waals surface area (Å²) in [6.45, 7) is 2.61. The molecule has 17 heavy (non-hydrogen) atoms. The molecule has 0 aromatic carbocycles. The van der Waals surface area contributed by atoms with Crippen molar-refractivity contribution in [3.63, 3.8) is 0 Å². The van der Waals surface area contributed by atoms with Gasteiger partial charge in [-0.05, 0) is 31.2 Å². The fourth-order valence-corrected chi connectivity index (χ4v) is 1.67. The predicted molar refractivity (Wildman–Crippen MR) is 69.1 cm³/mol. The summed E-state index contributed by atoms with van der Waals surface area (Å²) in [7, 11) is 0. The van der Waals surface area contributed by atoms with Crippen LogP contribution in [0.4, 0.5) is 11.6 Å². The molecule has 88 valence electrons. The third kappa shape index (κ3) is 2.60. The van der Waals surface area contributed by atoms with Gasteiger partial charge in [-0.25, -0.2) is 9.97 Å². The molecular weight excluding hydrogens is 212 g/mol. The van der Waals surface area contributed by atoms with Crippen LogP contribution >= 0.6 is 0 Å². The van der Waals surface area contributed by atoms with E-state index in [-0.39, 0.29) is 6.04 Å². The normalized spacial score (nSPS) is 12.1. The Balaban J connectivity index is 2.39. The van der Waals surface area contributed by atoms with Crippen molar-refractivity contribution in [2.45, 2.75) is 13.0 Å². The summed E-state index contributed by atoms with van der Waals surface area (Å²) in [5.41, 5.74) is 5.75.